The van der Waals surface area contributed by atoms with Crippen LogP contribution < -0.4 is 0 Å². The van der Waals surface area contributed by atoms with Crippen molar-refractivity contribution < 1.29 is 4.79 Å². The van der Waals surface area contributed by atoms with Gasteiger partial charge >= 0.3 is 0 Å². The van der Waals surface area contributed by atoms with Gasteiger partial charge in [-0.2, -0.15) is 0 Å². The van der Waals surface area contributed by atoms with Crippen molar-refractivity contribution >= 4 is 16.8 Å². The summed E-state index contributed by atoms with van der Waals surface area (Å²) in [5, 5.41) is 1.10. The smallest absolute Gasteiger partial charge is 0.253 e. The number of imidazole rings is 1. The second-order valence-electron chi connectivity index (χ2n) is 8.16. The minimum atomic E-state index is 0.161. The van der Waals surface area contributed by atoms with Gasteiger partial charge in [0, 0.05) is 60.1 Å². The van der Waals surface area contributed by atoms with Gasteiger partial charge in [-0.15, -0.1) is 0 Å². The molecule has 1 aromatic carbocycles. The zero-order chi connectivity index (χ0) is 18.4. The average molecular weight is 362 g/mol. The number of nitrogens with one attached hydrogen (secondary N) is 1. The number of likely N-dealkylation sites (tertiary alicyclic amines) is 1. The highest BCUT2D eigenvalue weighted by Gasteiger charge is 2.30. The van der Waals surface area contributed by atoms with E-state index in [1.54, 1.807) is 0 Å². The maximum absolute atomic E-state index is 12.9. The van der Waals surface area contributed by atoms with E-state index in [0.717, 1.165) is 48.9 Å². The van der Waals surface area contributed by atoms with E-state index in [-0.39, 0.29) is 5.91 Å². The molecule has 3 heterocycles. The molecule has 140 valence electrons. The SMILES string of the molecule is Cc1cnc(C2CC2)n1CC1CCN(C(=O)c2ccc3[nH]ccc3c2)CC1. The van der Waals surface area contributed by atoms with Crippen molar-refractivity contribution in [2.75, 3.05) is 13.1 Å². The first kappa shape index (κ1) is 16.6. The molecule has 5 heteroatoms. The van der Waals surface area contributed by atoms with Crippen LogP contribution in [0.3, 0.4) is 0 Å². The Kier molecular flexibility index (Phi) is 4.03. The molecule has 2 aliphatic rings. The summed E-state index contributed by atoms with van der Waals surface area (Å²) < 4.78 is 2.43. The van der Waals surface area contributed by atoms with Crippen LogP contribution in [-0.2, 0) is 6.54 Å². The van der Waals surface area contributed by atoms with E-state index in [4.69, 9.17) is 0 Å². The molecule has 3 aromatic rings. The molecule has 1 aliphatic heterocycles. The fourth-order valence-corrected chi connectivity index (χ4v) is 4.33. The first-order valence-electron chi connectivity index (χ1n) is 10.1. The van der Waals surface area contributed by atoms with Crippen LogP contribution in [0.5, 0.6) is 0 Å². The summed E-state index contributed by atoms with van der Waals surface area (Å²) >= 11 is 0. The van der Waals surface area contributed by atoms with Crippen LogP contribution in [0.25, 0.3) is 10.9 Å². The Morgan fingerprint density at radius 1 is 1.19 bits per heavy atom. The number of rotatable bonds is 4. The van der Waals surface area contributed by atoms with E-state index >= 15 is 0 Å². The fraction of sp³-hybridized carbons (Fsp3) is 0.455. The van der Waals surface area contributed by atoms with Crippen LogP contribution in [0.4, 0.5) is 0 Å². The number of hydrogen-bond donors (Lipinski definition) is 1. The zero-order valence-corrected chi connectivity index (χ0v) is 15.8. The third kappa shape index (κ3) is 3.15. The molecule has 0 radical (unpaired) electrons. The molecule has 2 aromatic heterocycles. The lowest BCUT2D eigenvalue weighted by molar-refractivity contribution is 0.0682. The molecule has 1 saturated heterocycles. The molecule has 0 spiro atoms. The van der Waals surface area contributed by atoms with Crippen LogP contribution in [0.1, 0.15) is 53.5 Å². The van der Waals surface area contributed by atoms with Crippen molar-refractivity contribution in [2.24, 2.45) is 5.92 Å². The van der Waals surface area contributed by atoms with Crippen molar-refractivity contribution in [1.29, 1.82) is 0 Å². The molecule has 5 rings (SSSR count). The predicted molar refractivity (Wildman–Crippen MR) is 106 cm³/mol. The lowest BCUT2D eigenvalue weighted by atomic mass is 9.96. The summed E-state index contributed by atoms with van der Waals surface area (Å²) in [6.07, 6.45) is 8.64. The molecule has 0 atom stereocenters. The number of amides is 1. The molecular formula is C22H26N4O. The van der Waals surface area contributed by atoms with Crippen molar-refractivity contribution in [2.45, 2.75) is 45.1 Å². The Labute approximate surface area is 159 Å². The van der Waals surface area contributed by atoms with Crippen LogP contribution in [0, 0.1) is 12.8 Å². The minimum Gasteiger partial charge on any atom is -0.361 e. The van der Waals surface area contributed by atoms with Gasteiger partial charge in [0.2, 0.25) is 0 Å². The van der Waals surface area contributed by atoms with Gasteiger partial charge in [0.25, 0.3) is 5.91 Å². The van der Waals surface area contributed by atoms with Crippen LogP contribution in [-0.4, -0.2) is 38.4 Å². The Balaban J connectivity index is 1.23. The van der Waals surface area contributed by atoms with E-state index in [9.17, 15) is 4.79 Å². The predicted octanol–water partition coefficient (Wildman–Crippen LogP) is 4.10. The third-order valence-corrected chi connectivity index (χ3v) is 6.17. The van der Waals surface area contributed by atoms with Crippen LogP contribution in [0.2, 0.25) is 0 Å². The minimum absolute atomic E-state index is 0.161. The zero-order valence-electron chi connectivity index (χ0n) is 15.8. The van der Waals surface area contributed by atoms with Crippen molar-refractivity contribution in [3.05, 3.63) is 53.7 Å². The van der Waals surface area contributed by atoms with Gasteiger partial charge in [-0.05, 0) is 62.8 Å². The topological polar surface area (TPSA) is 53.9 Å². The molecule has 5 nitrogen and oxygen atoms in total. The monoisotopic (exact) mass is 362 g/mol. The van der Waals surface area contributed by atoms with Gasteiger partial charge < -0.3 is 14.5 Å². The number of benzene rings is 1. The Morgan fingerprint density at radius 3 is 2.78 bits per heavy atom. The third-order valence-electron chi connectivity index (χ3n) is 6.17. The van der Waals surface area contributed by atoms with Crippen molar-refractivity contribution in [1.82, 2.24) is 19.4 Å². The molecule has 27 heavy (non-hydrogen) atoms. The van der Waals surface area contributed by atoms with E-state index in [1.807, 2.05) is 41.6 Å². The van der Waals surface area contributed by atoms with Crippen LogP contribution >= 0.6 is 0 Å². The number of carbonyl (C=O) groups excluding carboxylic acids is 1. The molecule has 0 bridgehead atoms. The van der Waals surface area contributed by atoms with Gasteiger partial charge in [0.1, 0.15) is 5.82 Å². The highest BCUT2D eigenvalue weighted by atomic mass is 16.2. The molecule has 1 N–H and O–H groups in total. The number of aromatic amines is 1. The summed E-state index contributed by atoms with van der Waals surface area (Å²) in [4.78, 5) is 22.7. The summed E-state index contributed by atoms with van der Waals surface area (Å²) in [6, 6.07) is 7.95. The van der Waals surface area contributed by atoms with Gasteiger partial charge in [-0.25, -0.2) is 4.98 Å². The standard InChI is InChI=1S/C22H26N4O/c1-15-13-24-21(17-2-3-17)26(15)14-16-7-10-25(11-8-16)22(27)19-4-5-20-18(12-19)6-9-23-20/h4-6,9,12-13,16-17,23H,2-3,7-8,10-11,14H2,1H3. The largest absolute Gasteiger partial charge is 0.361 e. The number of carbonyl (C=O) groups is 1. The van der Waals surface area contributed by atoms with Crippen molar-refractivity contribution in [3.8, 4) is 0 Å². The van der Waals surface area contributed by atoms with Gasteiger partial charge in [0.15, 0.2) is 0 Å². The Morgan fingerprint density at radius 2 is 2.00 bits per heavy atom. The summed E-state index contributed by atoms with van der Waals surface area (Å²) in [7, 11) is 0. The normalized spacial score (nSPS) is 18.3. The maximum Gasteiger partial charge on any atom is 0.253 e. The first-order chi connectivity index (χ1) is 13.2. The van der Waals surface area contributed by atoms with Gasteiger partial charge in [0.05, 0.1) is 0 Å². The highest BCUT2D eigenvalue weighted by Crippen LogP contribution is 2.40. The average Bonchev–Trinajstić information content (AvgIpc) is 3.32. The highest BCUT2D eigenvalue weighted by molar-refractivity contribution is 5.98. The molecule has 1 saturated carbocycles. The quantitative estimate of drug-likeness (QED) is 0.760. The lowest BCUT2D eigenvalue weighted by Crippen LogP contribution is -2.39. The molecule has 0 unspecified atom stereocenters. The number of aryl methyl sites for hydroxylation is 1. The second-order valence-corrected chi connectivity index (χ2v) is 8.16. The van der Waals surface area contributed by atoms with E-state index in [2.05, 4.69) is 21.5 Å². The number of H-pyrrole nitrogens is 1. The fourth-order valence-electron chi connectivity index (χ4n) is 4.33. The number of aromatic nitrogens is 3. The Bertz CT molecular complexity index is 973. The van der Waals surface area contributed by atoms with Gasteiger partial charge in [-0.1, -0.05) is 0 Å². The summed E-state index contributed by atoms with van der Waals surface area (Å²) in [6.45, 7) is 4.91. The number of piperidine rings is 1. The number of fused-ring (bicyclic) bond motifs is 1. The lowest BCUT2D eigenvalue weighted by Gasteiger charge is -2.32. The van der Waals surface area contributed by atoms with Crippen LogP contribution in [0.15, 0.2) is 36.7 Å². The molecule has 1 aliphatic carbocycles. The summed E-state index contributed by atoms with van der Waals surface area (Å²) in [5.74, 6) is 2.76. The second kappa shape index (κ2) is 6.55. The van der Waals surface area contributed by atoms with E-state index < -0.39 is 0 Å². The Hall–Kier alpha value is -2.56. The number of hydrogen-bond acceptors (Lipinski definition) is 2. The molecule has 1 amide bonds. The van der Waals surface area contributed by atoms with Gasteiger partial charge in [-0.3, -0.25) is 4.79 Å². The first-order valence-corrected chi connectivity index (χ1v) is 10.1. The maximum atomic E-state index is 12.9. The molecular weight excluding hydrogens is 336 g/mol. The summed E-state index contributed by atoms with van der Waals surface area (Å²) in [5.41, 5.74) is 3.14. The number of nitrogens with zero attached hydrogens (tertiary/aromatic N) is 3. The van der Waals surface area contributed by atoms with E-state index in [1.165, 1.54) is 24.4 Å². The molecule has 2 fully saturated rings. The van der Waals surface area contributed by atoms with Crippen molar-refractivity contribution in [3.63, 3.8) is 0 Å². The van der Waals surface area contributed by atoms with E-state index in [0.29, 0.717) is 11.8 Å².